The molecule has 1 amide bonds. The number of ether oxygens (including phenoxy) is 1. The zero-order valence-corrected chi connectivity index (χ0v) is 19.3. The van der Waals surface area contributed by atoms with E-state index in [9.17, 15) is 15.0 Å². The van der Waals surface area contributed by atoms with Gasteiger partial charge in [-0.15, -0.1) is 0 Å². The number of alkyl carbamates (subject to hydrolysis) is 1. The minimum Gasteiger partial charge on any atom is -0.449 e. The highest BCUT2D eigenvalue weighted by atomic mass is 16.5. The Kier molecular flexibility index (Phi) is 6.82. The molecule has 2 unspecified atom stereocenters. The van der Waals surface area contributed by atoms with Gasteiger partial charge in [0.25, 0.3) is 0 Å². The fraction of sp³-hybridized carbons (Fsp3) is 0.321. The highest BCUT2D eigenvalue weighted by Crippen LogP contribution is 2.44. The average Bonchev–Trinajstić information content (AvgIpc) is 3.10. The monoisotopic (exact) mass is 445 g/mol. The van der Waals surface area contributed by atoms with Crippen LogP contribution in [-0.2, 0) is 4.74 Å². The van der Waals surface area contributed by atoms with Crippen LogP contribution in [0.5, 0.6) is 0 Å². The molecule has 0 radical (unpaired) electrons. The van der Waals surface area contributed by atoms with Gasteiger partial charge in [0.1, 0.15) is 12.7 Å². The number of fused-ring (bicyclic) bond motifs is 3. The molecule has 0 saturated heterocycles. The summed E-state index contributed by atoms with van der Waals surface area (Å²) in [5.41, 5.74) is 8.44. The van der Waals surface area contributed by atoms with E-state index in [0.29, 0.717) is 0 Å². The van der Waals surface area contributed by atoms with E-state index in [1.807, 2.05) is 57.2 Å². The van der Waals surface area contributed by atoms with E-state index in [1.165, 1.54) is 11.1 Å². The second kappa shape index (κ2) is 9.77. The molecule has 33 heavy (non-hydrogen) atoms. The lowest BCUT2D eigenvalue weighted by Crippen LogP contribution is -2.31. The number of hydrogen-bond acceptors (Lipinski definition) is 4. The van der Waals surface area contributed by atoms with Gasteiger partial charge in [-0.05, 0) is 66.1 Å². The predicted molar refractivity (Wildman–Crippen MR) is 129 cm³/mol. The topological polar surface area (TPSA) is 78.8 Å². The number of benzene rings is 3. The molecule has 1 aliphatic carbocycles. The zero-order chi connectivity index (χ0) is 23.5. The van der Waals surface area contributed by atoms with Crippen molar-refractivity contribution in [1.29, 1.82) is 0 Å². The first-order valence-electron chi connectivity index (χ1n) is 11.4. The maximum atomic E-state index is 12.3. The molecule has 0 heterocycles. The van der Waals surface area contributed by atoms with Crippen LogP contribution in [0, 0.1) is 20.8 Å². The van der Waals surface area contributed by atoms with E-state index in [2.05, 4.69) is 29.6 Å². The largest absolute Gasteiger partial charge is 0.449 e. The number of rotatable bonds is 7. The van der Waals surface area contributed by atoms with Gasteiger partial charge in [-0.3, -0.25) is 0 Å². The molecule has 5 heteroatoms. The molecule has 2 atom stereocenters. The van der Waals surface area contributed by atoms with Crippen molar-refractivity contribution < 1.29 is 19.7 Å². The molecule has 0 bridgehead atoms. The molecule has 3 aromatic rings. The number of aryl methyl sites for hydroxylation is 3. The third kappa shape index (κ3) is 4.80. The summed E-state index contributed by atoms with van der Waals surface area (Å²) in [6, 6.07) is 20.4. The van der Waals surface area contributed by atoms with Crippen LogP contribution in [0.15, 0.2) is 60.7 Å². The van der Waals surface area contributed by atoms with Crippen molar-refractivity contribution in [2.75, 3.05) is 13.2 Å². The van der Waals surface area contributed by atoms with Gasteiger partial charge in [0, 0.05) is 12.5 Å². The maximum absolute atomic E-state index is 12.3. The molecular weight excluding hydrogens is 414 g/mol. The van der Waals surface area contributed by atoms with Crippen molar-refractivity contribution in [3.8, 4) is 11.1 Å². The van der Waals surface area contributed by atoms with Crippen molar-refractivity contribution in [2.24, 2.45) is 0 Å². The van der Waals surface area contributed by atoms with E-state index >= 15 is 0 Å². The molecule has 0 saturated carbocycles. The fourth-order valence-electron chi connectivity index (χ4n) is 4.98. The number of amides is 1. The summed E-state index contributed by atoms with van der Waals surface area (Å²) in [6.45, 7) is 6.32. The summed E-state index contributed by atoms with van der Waals surface area (Å²) in [4.78, 5) is 12.3. The zero-order valence-electron chi connectivity index (χ0n) is 19.3. The first-order chi connectivity index (χ1) is 15.9. The Hall–Kier alpha value is -3.15. The maximum Gasteiger partial charge on any atom is 0.407 e. The van der Waals surface area contributed by atoms with Crippen molar-refractivity contribution in [2.45, 2.75) is 45.3 Å². The first kappa shape index (κ1) is 23.0. The van der Waals surface area contributed by atoms with Crippen LogP contribution in [0.1, 0.15) is 51.8 Å². The van der Waals surface area contributed by atoms with Crippen LogP contribution >= 0.6 is 0 Å². The second-order valence-corrected chi connectivity index (χ2v) is 8.87. The van der Waals surface area contributed by atoms with E-state index in [-0.39, 0.29) is 25.5 Å². The minimum absolute atomic E-state index is 0.00282. The Morgan fingerprint density at radius 2 is 1.48 bits per heavy atom. The van der Waals surface area contributed by atoms with Crippen LogP contribution in [0.4, 0.5) is 4.79 Å². The number of nitrogens with one attached hydrogen (secondary N) is 1. The lowest BCUT2D eigenvalue weighted by molar-refractivity contribution is 0.0129. The van der Waals surface area contributed by atoms with Crippen LogP contribution < -0.4 is 5.32 Å². The lowest BCUT2D eigenvalue weighted by Gasteiger charge is -2.22. The number of carbonyl (C=O) groups is 1. The van der Waals surface area contributed by atoms with E-state index < -0.39 is 18.3 Å². The summed E-state index contributed by atoms with van der Waals surface area (Å²) in [5, 5.41) is 23.8. The molecule has 172 valence electrons. The van der Waals surface area contributed by atoms with Crippen LogP contribution in [0.3, 0.4) is 0 Å². The summed E-state index contributed by atoms with van der Waals surface area (Å²) < 4.78 is 5.52. The third-order valence-electron chi connectivity index (χ3n) is 6.45. The molecule has 1 aliphatic rings. The smallest absolute Gasteiger partial charge is 0.407 e. The Labute approximate surface area is 195 Å². The van der Waals surface area contributed by atoms with Gasteiger partial charge >= 0.3 is 6.09 Å². The Morgan fingerprint density at radius 1 is 0.939 bits per heavy atom. The Balaban J connectivity index is 1.30. The van der Waals surface area contributed by atoms with Gasteiger partial charge < -0.3 is 20.3 Å². The normalized spacial score (nSPS) is 14.3. The fourth-order valence-corrected chi connectivity index (χ4v) is 4.98. The molecular formula is C28H31NO4. The van der Waals surface area contributed by atoms with Gasteiger partial charge in [-0.2, -0.15) is 0 Å². The number of aliphatic hydroxyl groups is 2. The number of aliphatic hydroxyl groups excluding tert-OH is 2. The molecule has 0 fully saturated rings. The molecule has 5 nitrogen and oxygen atoms in total. The van der Waals surface area contributed by atoms with E-state index in [4.69, 9.17) is 4.74 Å². The van der Waals surface area contributed by atoms with E-state index in [0.717, 1.165) is 33.4 Å². The molecule has 4 rings (SSSR count). The molecule has 3 N–H and O–H groups in total. The van der Waals surface area contributed by atoms with Crippen molar-refractivity contribution >= 4 is 6.09 Å². The average molecular weight is 446 g/mol. The lowest BCUT2D eigenvalue weighted by atomic mass is 9.92. The summed E-state index contributed by atoms with van der Waals surface area (Å²) >= 11 is 0. The van der Waals surface area contributed by atoms with Gasteiger partial charge in [-0.25, -0.2) is 4.79 Å². The van der Waals surface area contributed by atoms with Gasteiger partial charge in [-0.1, -0.05) is 66.2 Å². The highest BCUT2D eigenvalue weighted by Gasteiger charge is 2.29. The van der Waals surface area contributed by atoms with Gasteiger partial charge in [0.05, 0.1) is 6.10 Å². The molecule has 0 aliphatic heterocycles. The van der Waals surface area contributed by atoms with Gasteiger partial charge in [0.2, 0.25) is 0 Å². The van der Waals surface area contributed by atoms with Crippen molar-refractivity contribution in [3.63, 3.8) is 0 Å². The number of carbonyl (C=O) groups excluding carboxylic acids is 1. The number of hydrogen-bond donors (Lipinski definition) is 3. The van der Waals surface area contributed by atoms with Crippen molar-refractivity contribution in [3.05, 3.63) is 94.0 Å². The summed E-state index contributed by atoms with van der Waals surface area (Å²) in [6.07, 6.45) is -2.30. The van der Waals surface area contributed by atoms with Crippen LogP contribution in [-0.4, -0.2) is 35.6 Å². The van der Waals surface area contributed by atoms with E-state index in [1.54, 1.807) is 0 Å². The SMILES string of the molecule is Cc1cc(C)c(C(O)C(O)CCNC(=O)OCC2c3ccccc3-c3ccccc32)c(C)c1. The third-order valence-corrected chi connectivity index (χ3v) is 6.45. The van der Waals surface area contributed by atoms with Crippen LogP contribution in [0.25, 0.3) is 11.1 Å². The Morgan fingerprint density at radius 3 is 2.06 bits per heavy atom. The summed E-state index contributed by atoms with van der Waals surface area (Å²) in [5.74, 6) is 0.00282. The van der Waals surface area contributed by atoms with Gasteiger partial charge in [0.15, 0.2) is 0 Å². The highest BCUT2D eigenvalue weighted by molar-refractivity contribution is 5.79. The molecule has 3 aromatic carbocycles. The van der Waals surface area contributed by atoms with Crippen molar-refractivity contribution in [1.82, 2.24) is 5.32 Å². The summed E-state index contributed by atoms with van der Waals surface area (Å²) in [7, 11) is 0. The molecule has 0 aromatic heterocycles. The first-order valence-corrected chi connectivity index (χ1v) is 11.4. The quantitative estimate of drug-likeness (QED) is 0.482. The predicted octanol–water partition coefficient (Wildman–Crippen LogP) is 4.93. The molecule has 0 spiro atoms. The second-order valence-electron chi connectivity index (χ2n) is 8.87. The Bertz CT molecular complexity index is 1090. The van der Waals surface area contributed by atoms with Crippen LogP contribution in [0.2, 0.25) is 0 Å². The minimum atomic E-state index is -1.00. The standard InChI is InChI=1S/C28H31NO4/c1-17-14-18(2)26(19(3)15-17)27(31)25(30)12-13-29-28(32)33-16-24-22-10-6-4-8-20(22)21-9-5-7-11-23(21)24/h4-11,14-15,24-25,27,30-31H,12-13,16H2,1-3H3,(H,29,32).